The molecule has 5 aliphatic rings. The maximum Gasteiger partial charge on any atom is 0.262 e. The first-order chi connectivity index (χ1) is 8.50. The van der Waals surface area contributed by atoms with Crippen molar-refractivity contribution in [3.63, 3.8) is 0 Å². The van der Waals surface area contributed by atoms with Gasteiger partial charge < -0.3 is 16.2 Å². The van der Waals surface area contributed by atoms with E-state index in [0.717, 1.165) is 37.5 Å². The Kier molecular flexibility index (Phi) is 1.74. The van der Waals surface area contributed by atoms with Gasteiger partial charge in [0, 0.05) is 0 Å². The van der Waals surface area contributed by atoms with E-state index in [1.54, 1.807) is 0 Å². The van der Waals surface area contributed by atoms with Gasteiger partial charge in [-0.3, -0.25) is 9.59 Å². The molecule has 2 amide bonds. The number of primary amides is 2. The Balaban J connectivity index is 1.78. The smallest absolute Gasteiger partial charge is 0.262 e. The lowest BCUT2D eigenvalue weighted by Gasteiger charge is -2.54. The number of nitrogens with two attached hydrogens (primary N) is 2. The van der Waals surface area contributed by atoms with Crippen molar-refractivity contribution in [2.24, 2.45) is 35.1 Å². The second-order valence-corrected chi connectivity index (χ2v) is 6.61. The molecule has 4 aliphatic carbocycles. The molecule has 0 atom stereocenters. The second kappa shape index (κ2) is 2.90. The van der Waals surface area contributed by atoms with Crippen molar-refractivity contribution in [3.05, 3.63) is 0 Å². The standard InChI is InChI=1S/C13H18N2O3/c14-10(16)13(11(15)17)12(18-13)8-2-6-1-7(4-8)5-9(12)3-6/h6-9H,1-5H2,(H2,14,16)(H2,15,17). The van der Waals surface area contributed by atoms with Crippen LogP contribution in [0.1, 0.15) is 32.1 Å². The minimum Gasteiger partial charge on any atom is -0.367 e. The molecule has 1 aliphatic heterocycles. The monoisotopic (exact) mass is 250 g/mol. The van der Waals surface area contributed by atoms with Gasteiger partial charge in [0.2, 0.25) is 0 Å². The van der Waals surface area contributed by atoms with Crippen LogP contribution < -0.4 is 11.5 Å². The molecule has 0 aromatic rings. The Hall–Kier alpha value is -1.10. The van der Waals surface area contributed by atoms with Gasteiger partial charge in [-0.2, -0.15) is 0 Å². The molecule has 0 aromatic heterocycles. The summed E-state index contributed by atoms with van der Waals surface area (Å²) in [6.07, 6.45) is 5.57. The third-order valence-electron chi connectivity index (χ3n) is 5.88. The number of hydrogen-bond donors (Lipinski definition) is 2. The van der Waals surface area contributed by atoms with Crippen molar-refractivity contribution in [1.82, 2.24) is 0 Å². The van der Waals surface area contributed by atoms with E-state index in [1.807, 2.05) is 0 Å². The van der Waals surface area contributed by atoms with E-state index in [-0.39, 0.29) is 0 Å². The highest BCUT2D eigenvalue weighted by atomic mass is 16.6. The molecule has 0 radical (unpaired) electrons. The Bertz CT molecular complexity index is 417. The first kappa shape index (κ1) is 10.8. The first-order valence-electron chi connectivity index (χ1n) is 6.80. The molecule has 5 nitrogen and oxygen atoms in total. The minimum atomic E-state index is -1.50. The van der Waals surface area contributed by atoms with E-state index in [2.05, 4.69) is 0 Å². The van der Waals surface area contributed by atoms with Gasteiger partial charge in [0.15, 0.2) is 0 Å². The number of ether oxygens (including phenoxy) is 1. The molecule has 4 saturated carbocycles. The summed E-state index contributed by atoms with van der Waals surface area (Å²) in [4.78, 5) is 23.4. The number of amides is 2. The van der Waals surface area contributed by atoms with Crippen LogP contribution in [0.25, 0.3) is 0 Å². The van der Waals surface area contributed by atoms with Crippen LogP contribution in [0.2, 0.25) is 0 Å². The Labute approximate surface area is 105 Å². The molecule has 0 unspecified atom stereocenters. The quantitative estimate of drug-likeness (QED) is 0.529. The van der Waals surface area contributed by atoms with Crippen LogP contribution >= 0.6 is 0 Å². The summed E-state index contributed by atoms with van der Waals surface area (Å²) in [5, 5.41) is 0. The van der Waals surface area contributed by atoms with Crippen LogP contribution in [0.5, 0.6) is 0 Å². The molecule has 5 rings (SSSR count). The molecule has 18 heavy (non-hydrogen) atoms. The number of carbonyl (C=O) groups is 2. The molecule has 4 bridgehead atoms. The predicted octanol–water partition coefficient (Wildman–Crippen LogP) is -0.0791. The van der Waals surface area contributed by atoms with E-state index < -0.39 is 23.0 Å². The highest BCUT2D eigenvalue weighted by Gasteiger charge is 2.85. The zero-order valence-corrected chi connectivity index (χ0v) is 10.2. The van der Waals surface area contributed by atoms with Gasteiger partial charge in [0.25, 0.3) is 17.4 Å². The molecular weight excluding hydrogens is 232 g/mol. The average Bonchev–Trinajstić information content (AvgIpc) is 2.97. The molecule has 1 saturated heterocycles. The number of carbonyl (C=O) groups excluding carboxylic acids is 2. The van der Waals surface area contributed by atoms with Crippen molar-refractivity contribution in [1.29, 1.82) is 0 Å². The molecule has 0 aromatic carbocycles. The fraction of sp³-hybridized carbons (Fsp3) is 0.846. The van der Waals surface area contributed by atoms with Crippen LogP contribution in [0, 0.1) is 23.7 Å². The third-order valence-corrected chi connectivity index (χ3v) is 5.88. The van der Waals surface area contributed by atoms with Gasteiger partial charge in [0.05, 0.1) is 0 Å². The lowest BCUT2D eigenvalue weighted by molar-refractivity contribution is -0.134. The molecule has 1 heterocycles. The Morgan fingerprint density at radius 3 is 1.67 bits per heavy atom. The highest BCUT2D eigenvalue weighted by molar-refractivity contribution is 6.12. The number of rotatable bonds is 2. The average molecular weight is 250 g/mol. The molecular formula is C13H18N2O3. The third kappa shape index (κ3) is 0.921. The molecule has 1 spiro atoms. The minimum absolute atomic E-state index is 0.300. The van der Waals surface area contributed by atoms with E-state index in [1.165, 1.54) is 6.42 Å². The molecule has 98 valence electrons. The molecule has 5 heteroatoms. The predicted molar refractivity (Wildman–Crippen MR) is 62.0 cm³/mol. The van der Waals surface area contributed by atoms with E-state index in [9.17, 15) is 9.59 Å². The van der Waals surface area contributed by atoms with Crippen LogP contribution in [0.4, 0.5) is 0 Å². The second-order valence-electron chi connectivity index (χ2n) is 6.61. The SMILES string of the molecule is NC(=O)C1(C(N)=O)OC12C1CC3CC(C1)CC2C3. The lowest BCUT2D eigenvalue weighted by atomic mass is 9.49. The summed E-state index contributed by atoms with van der Waals surface area (Å²) in [6.45, 7) is 0. The van der Waals surface area contributed by atoms with Crippen LogP contribution in [0.15, 0.2) is 0 Å². The molecule has 5 fully saturated rings. The van der Waals surface area contributed by atoms with Crippen LogP contribution in [-0.4, -0.2) is 23.0 Å². The fourth-order valence-corrected chi connectivity index (χ4v) is 5.46. The first-order valence-corrected chi connectivity index (χ1v) is 6.80. The van der Waals surface area contributed by atoms with Gasteiger partial charge in [-0.25, -0.2) is 0 Å². The summed E-state index contributed by atoms with van der Waals surface area (Å²) in [6, 6.07) is 0. The summed E-state index contributed by atoms with van der Waals surface area (Å²) < 4.78 is 5.74. The topological polar surface area (TPSA) is 98.7 Å². The number of epoxide rings is 1. The van der Waals surface area contributed by atoms with Crippen molar-refractivity contribution >= 4 is 11.8 Å². The fourth-order valence-electron chi connectivity index (χ4n) is 5.46. The van der Waals surface area contributed by atoms with Crippen molar-refractivity contribution < 1.29 is 14.3 Å². The van der Waals surface area contributed by atoms with Crippen LogP contribution in [-0.2, 0) is 14.3 Å². The van der Waals surface area contributed by atoms with E-state index >= 15 is 0 Å². The van der Waals surface area contributed by atoms with Crippen LogP contribution in [0.3, 0.4) is 0 Å². The maximum atomic E-state index is 11.7. The highest BCUT2D eigenvalue weighted by Crippen LogP contribution is 2.70. The zero-order chi connectivity index (χ0) is 12.7. The van der Waals surface area contributed by atoms with Crippen molar-refractivity contribution in [2.75, 3.05) is 0 Å². The normalized spacial score (nSPS) is 50.4. The largest absolute Gasteiger partial charge is 0.367 e. The lowest BCUT2D eigenvalue weighted by Crippen LogP contribution is -2.60. The van der Waals surface area contributed by atoms with E-state index in [4.69, 9.17) is 16.2 Å². The van der Waals surface area contributed by atoms with Crippen molar-refractivity contribution in [2.45, 2.75) is 43.3 Å². The molecule has 4 N–H and O–H groups in total. The Morgan fingerprint density at radius 1 is 0.889 bits per heavy atom. The summed E-state index contributed by atoms with van der Waals surface area (Å²) in [7, 11) is 0. The van der Waals surface area contributed by atoms with Gasteiger partial charge >= 0.3 is 0 Å². The van der Waals surface area contributed by atoms with Gasteiger partial charge in [-0.1, -0.05) is 0 Å². The maximum absolute atomic E-state index is 11.7. The zero-order valence-electron chi connectivity index (χ0n) is 10.2. The summed E-state index contributed by atoms with van der Waals surface area (Å²) in [5.74, 6) is 0.717. The van der Waals surface area contributed by atoms with E-state index in [0.29, 0.717) is 11.8 Å². The summed E-state index contributed by atoms with van der Waals surface area (Å²) in [5.41, 5.74) is 8.70. The van der Waals surface area contributed by atoms with Crippen molar-refractivity contribution in [3.8, 4) is 0 Å². The van der Waals surface area contributed by atoms with Gasteiger partial charge in [-0.15, -0.1) is 0 Å². The summed E-state index contributed by atoms with van der Waals surface area (Å²) >= 11 is 0. The van der Waals surface area contributed by atoms with Gasteiger partial charge in [0.1, 0.15) is 5.60 Å². The Morgan fingerprint density at radius 2 is 1.33 bits per heavy atom. The van der Waals surface area contributed by atoms with Gasteiger partial charge in [-0.05, 0) is 55.8 Å². The number of hydrogen-bond acceptors (Lipinski definition) is 3.